The molecule has 88 valence electrons. The number of allylic oxidation sites excluding steroid dienone is 1. The molecule has 1 heterocycles. The maximum absolute atomic E-state index is 11.8. The van der Waals surface area contributed by atoms with Gasteiger partial charge in [0.05, 0.1) is 11.3 Å². The van der Waals surface area contributed by atoms with E-state index in [-0.39, 0.29) is 5.78 Å². The van der Waals surface area contributed by atoms with Crippen molar-refractivity contribution in [1.29, 1.82) is 0 Å². The van der Waals surface area contributed by atoms with Crippen molar-refractivity contribution in [3.8, 4) is 0 Å². The van der Waals surface area contributed by atoms with Crippen molar-refractivity contribution in [3.63, 3.8) is 0 Å². The zero-order chi connectivity index (χ0) is 12.4. The van der Waals surface area contributed by atoms with Gasteiger partial charge in [0.1, 0.15) is 0 Å². The average molecular weight is 229 g/mol. The molecule has 1 aliphatic rings. The summed E-state index contributed by atoms with van der Waals surface area (Å²) in [6.07, 6.45) is 3.49. The molecule has 0 aromatic heterocycles. The fourth-order valence-electron chi connectivity index (χ4n) is 2.03. The Bertz CT molecular complexity index is 491. The molecular formula is C14H15NO2. The molecule has 1 aliphatic heterocycles. The number of carbonyl (C=O) groups excluding carboxylic acids is 2. The molecule has 2 rings (SSSR count). The number of nitrogens with zero attached hydrogens (tertiary/aromatic N) is 1. The maximum Gasteiger partial charge on any atom is 0.299 e. The molecule has 1 aromatic rings. The highest BCUT2D eigenvalue weighted by Crippen LogP contribution is 2.29. The smallest absolute Gasteiger partial charge is 0.299 e. The fraction of sp³-hybridized carbons (Fsp3) is 0.286. The topological polar surface area (TPSA) is 37.4 Å². The first-order chi connectivity index (χ1) is 8.15. The van der Waals surface area contributed by atoms with Crippen LogP contribution in [0.25, 0.3) is 0 Å². The first-order valence-electron chi connectivity index (χ1n) is 5.73. The number of fused-ring (bicyclic) bond motifs is 1. The minimum Gasteiger partial charge on any atom is -0.305 e. The van der Waals surface area contributed by atoms with Gasteiger partial charge in [-0.25, -0.2) is 0 Å². The Labute approximate surface area is 101 Å². The van der Waals surface area contributed by atoms with Crippen LogP contribution in [-0.2, 0) is 4.79 Å². The van der Waals surface area contributed by atoms with E-state index >= 15 is 0 Å². The van der Waals surface area contributed by atoms with E-state index in [1.807, 2.05) is 25.1 Å². The Balaban J connectivity index is 2.28. The van der Waals surface area contributed by atoms with Crippen molar-refractivity contribution in [1.82, 2.24) is 0 Å². The van der Waals surface area contributed by atoms with Crippen LogP contribution in [0, 0.1) is 6.92 Å². The fourth-order valence-corrected chi connectivity index (χ4v) is 2.03. The normalized spacial score (nSPS) is 14.1. The minimum atomic E-state index is -0.408. The number of ketones is 1. The van der Waals surface area contributed by atoms with Crippen LogP contribution in [0.3, 0.4) is 0 Å². The van der Waals surface area contributed by atoms with Gasteiger partial charge >= 0.3 is 0 Å². The van der Waals surface area contributed by atoms with Crippen molar-refractivity contribution >= 4 is 17.4 Å². The van der Waals surface area contributed by atoms with Gasteiger partial charge in [-0.15, -0.1) is 6.58 Å². The van der Waals surface area contributed by atoms with Gasteiger partial charge in [0.25, 0.3) is 11.7 Å². The van der Waals surface area contributed by atoms with Crippen LogP contribution in [0.1, 0.15) is 28.8 Å². The van der Waals surface area contributed by atoms with Crippen molar-refractivity contribution in [2.24, 2.45) is 0 Å². The van der Waals surface area contributed by atoms with Crippen LogP contribution in [0.4, 0.5) is 5.69 Å². The number of anilines is 1. The van der Waals surface area contributed by atoms with E-state index < -0.39 is 5.91 Å². The number of hydrogen-bond donors (Lipinski definition) is 0. The molecule has 0 spiro atoms. The molecule has 3 nitrogen and oxygen atoms in total. The Morgan fingerprint density at radius 1 is 1.35 bits per heavy atom. The molecule has 1 aromatic carbocycles. The second kappa shape index (κ2) is 4.53. The predicted octanol–water partition coefficient (Wildman–Crippen LogP) is 2.49. The number of amides is 1. The summed E-state index contributed by atoms with van der Waals surface area (Å²) in [5, 5.41) is 0. The Morgan fingerprint density at radius 2 is 2.12 bits per heavy atom. The number of Topliss-reactive ketones (excluding diaryl/α,β-unsaturated/α-hetero) is 1. The molecular weight excluding hydrogens is 214 g/mol. The van der Waals surface area contributed by atoms with E-state index in [0.717, 1.165) is 24.1 Å². The molecule has 0 atom stereocenters. The standard InChI is InChI=1S/C14H15NO2/c1-3-4-5-8-15-12-7-6-10(2)9-11(12)13(16)14(15)17/h3,6-7,9H,1,4-5,8H2,2H3. The second-order valence-corrected chi connectivity index (χ2v) is 4.24. The Morgan fingerprint density at radius 3 is 2.82 bits per heavy atom. The molecule has 0 saturated heterocycles. The number of hydrogen-bond acceptors (Lipinski definition) is 2. The summed E-state index contributed by atoms with van der Waals surface area (Å²) in [7, 11) is 0. The van der Waals surface area contributed by atoms with Gasteiger partial charge in [0.15, 0.2) is 0 Å². The molecule has 17 heavy (non-hydrogen) atoms. The van der Waals surface area contributed by atoms with Gasteiger partial charge in [0, 0.05) is 6.54 Å². The molecule has 0 bridgehead atoms. The van der Waals surface area contributed by atoms with Crippen LogP contribution in [0.15, 0.2) is 30.9 Å². The lowest BCUT2D eigenvalue weighted by Gasteiger charge is -2.15. The Hall–Kier alpha value is -1.90. The van der Waals surface area contributed by atoms with E-state index in [9.17, 15) is 9.59 Å². The van der Waals surface area contributed by atoms with Crippen molar-refractivity contribution in [3.05, 3.63) is 42.0 Å². The van der Waals surface area contributed by atoms with Crippen LogP contribution < -0.4 is 4.90 Å². The quantitative estimate of drug-likeness (QED) is 0.452. The largest absolute Gasteiger partial charge is 0.305 e. The summed E-state index contributed by atoms with van der Waals surface area (Å²) >= 11 is 0. The van der Waals surface area contributed by atoms with Gasteiger partial charge in [-0.2, -0.15) is 0 Å². The third-order valence-electron chi connectivity index (χ3n) is 2.92. The second-order valence-electron chi connectivity index (χ2n) is 4.24. The number of carbonyl (C=O) groups is 2. The third-order valence-corrected chi connectivity index (χ3v) is 2.92. The molecule has 0 saturated carbocycles. The highest BCUT2D eigenvalue weighted by atomic mass is 16.2. The van der Waals surface area contributed by atoms with Crippen LogP contribution >= 0.6 is 0 Å². The highest BCUT2D eigenvalue weighted by molar-refractivity contribution is 6.52. The zero-order valence-corrected chi connectivity index (χ0v) is 9.90. The first kappa shape index (κ1) is 11.6. The number of rotatable bonds is 4. The molecule has 3 heteroatoms. The molecule has 1 amide bonds. The van der Waals surface area contributed by atoms with Gasteiger partial charge in [0.2, 0.25) is 0 Å². The van der Waals surface area contributed by atoms with Gasteiger partial charge < -0.3 is 4.90 Å². The summed E-state index contributed by atoms with van der Waals surface area (Å²) in [5.74, 6) is -0.794. The first-order valence-corrected chi connectivity index (χ1v) is 5.73. The van der Waals surface area contributed by atoms with E-state index in [4.69, 9.17) is 0 Å². The number of benzene rings is 1. The monoisotopic (exact) mass is 229 g/mol. The number of aryl methyl sites for hydroxylation is 1. The van der Waals surface area contributed by atoms with E-state index in [2.05, 4.69) is 6.58 Å². The minimum absolute atomic E-state index is 0.387. The van der Waals surface area contributed by atoms with Gasteiger partial charge in [-0.05, 0) is 31.9 Å². The zero-order valence-electron chi connectivity index (χ0n) is 9.90. The van der Waals surface area contributed by atoms with Gasteiger partial charge in [-0.3, -0.25) is 9.59 Å². The van der Waals surface area contributed by atoms with Crippen LogP contribution in [0.2, 0.25) is 0 Å². The summed E-state index contributed by atoms with van der Waals surface area (Å²) in [4.78, 5) is 25.2. The number of unbranched alkanes of at least 4 members (excludes halogenated alkanes) is 1. The molecule has 0 fully saturated rings. The summed E-state index contributed by atoms with van der Waals surface area (Å²) in [5.41, 5.74) is 2.28. The highest BCUT2D eigenvalue weighted by Gasteiger charge is 2.35. The van der Waals surface area contributed by atoms with Crippen LogP contribution in [-0.4, -0.2) is 18.2 Å². The third kappa shape index (κ3) is 2.00. The SMILES string of the molecule is C=CCCCN1C(=O)C(=O)c2cc(C)ccc21. The summed E-state index contributed by atoms with van der Waals surface area (Å²) in [6, 6.07) is 5.55. The lowest BCUT2D eigenvalue weighted by atomic mass is 10.1. The molecule has 0 radical (unpaired) electrons. The Kier molecular flexibility index (Phi) is 3.09. The van der Waals surface area contributed by atoms with Crippen molar-refractivity contribution in [2.45, 2.75) is 19.8 Å². The summed E-state index contributed by atoms with van der Waals surface area (Å²) < 4.78 is 0. The molecule has 0 unspecified atom stereocenters. The average Bonchev–Trinajstić information content (AvgIpc) is 2.54. The van der Waals surface area contributed by atoms with Crippen molar-refractivity contribution < 1.29 is 9.59 Å². The molecule has 0 N–H and O–H groups in total. The van der Waals surface area contributed by atoms with E-state index in [0.29, 0.717) is 12.1 Å². The van der Waals surface area contributed by atoms with Crippen LogP contribution in [0.5, 0.6) is 0 Å². The van der Waals surface area contributed by atoms with Crippen molar-refractivity contribution in [2.75, 3.05) is 11.4 Å². The lowest BCUT2D eigenvalue weighted by Crippen LogP contribution is -2.30. The predicted molar refractivity (Wildman–Crippen MR) is 67.3 cm³/mol. The molecule has 0 aliphatic carbocycles. The maximum atomic E-state index is 11.8. The van der Waals surface area contributed by atoms with Gasteiger partial charge in [-0.1, -0.05) is 17.7 Å². The van der Waals surface area contributed by atoms with E-state index in [1.54, 1.807) is 11.0 Å². The lowest BCUT2D eigenvalue weighted by molar-refractivity contribution is -0.114. The van der Waals surface area contributed by atoms with E-state index in [1.165, 1.54) is 0 Å². The summed E-state index contributed by atoms with van der Waals surface area (Å²) in [6.45, 7) is 6.14.